The van der Waals surface area contributed by atoms with Gasteiger partial charge in [0, 0.05) is 5.92 Å². The number of rotatable bonds is 2. The van der Waals surface area contributed by atoms with E-state index in [1.807, 2.05) is 19.9 Å². The number of ketones is 1. The van der Waals surface area contributed by atoms with Gasteiger partial charge in [0.1, 0.15) is 0 Å². The monoisotopic (exact) mass is 166 g/mol. The average molecular weight is 166 g/mol. The molecule has 0 spiro atoms. The molecule has 0 bridgehead atoms. The SMILES string of the molecule is CCC1=CC=C(O)C(=O)C1CC. The van der Waals surface area contributed by atoms with Crippen molar-refractivity contribution in [2.45, 2.75) is 26.7 Å². The van der Waals surface area contributed by atoms with Gasteiger partial charge in [0.05, 0.1) is 0 Å². The fraction of sp³-hybridized carbons (Fsp3) is 0.500. The predicted molar refractivity (Wildman–Crippen MR) is 47.9 cm³/mol. The highest BCUT2D eigenvalue weighted by molar-refractivity contribution is 5.98. The molecule has 1 N–H and O–H groups in total. The molecule has 2 heteroatoms. The maximum Gasteiger partial charge on any atom is 0.204 e. The van der Waals surface area contributed by atoms with Crippen LogP contribution in [0, 0.1) is 5.92 Å². The molecule has 66 valence electrons. The third kappa shape index (κ3) is 1.42. The number of allylic oxidation sites excluding steroid dienone is 4. The standard InChI is InChI=1S/C10H14O2/c1-3-7-5-6-9(11)10(12)8(7)4-2/h5-6,8,11H,3-4H2,1-2H3. The summed E-state index contributed by atoms with van der Waals surface area (Å²) in [5, 5.41) is 9.16. The number of carbonyl (C=O) groups is 1. The molecule has 0 radical (unpaired) electrons. The molecule has 0 aromatic heterocycles. The third-order valence-corrected chi connectivity index (χ3v) is 2.29. The topological polar surface area (TPSA) is 37.3 Å². The first-order valence-electron chi connectivity index (χ1n) is 4.34. The van der Waals surface area contributed by atoms with E-state index in [1.165, 1.54) is 6.08 Å². The van der Waals surface area contributed by atoms with Gasteiger partial charge >= 0.3 is 0 Å². The average Bonchev–Trinajstić information content (AvgIpc) is 2.09. The van der Waals surface area contributed by atoms with Crippen molar-refractivity contribution in [1.82, 2.24) is 0 Å². The molecule has 1 unspecified atom stereocenters. The Balaban J connectivity index is 2.93. The van der Waals surface area contributed by atoms with Gasteiger partial charge in [0.2, 0.25) is 5.78 Å². The van der Waals surface area contributed by atoms with Crippen LogP contribution in [0.1, 0.15) is 26.7 Å². The van der Waals surface area contributed by atoms with Crippen LogP contribution in [0.2, 0.25) is 0 Å². The molecular formula is C10H14O2. The first kappa shape index (κ1) is 9.04. The minimum atomic E-state index is -0.128. The number of aliphatic hydroxyl groups excluding tert-OH is 1. The van der Waals surface area contributed by atoms with Gasteiger partial charge in [-0.1, -0.05) is 25.5 Å². The van der Waals surface area contributed by atoms with Gasteiger partial charge in [-0.25, -0.2) is 0 Å². The number of hydrogen-bond donors (Lipinski definition) is 1. The molecule has 2 nitrogen and oxygen atoms in total. The van der Waals surface area contributed by atoms with Crippen molar-refractivity contribution in [1.29, 1.82) is 0 Å². The Labute approximate surface area is 72.6 Å². The summed E-state index contributed by atoms with van der Waals surface area (Å²) in [6.45, 7) is 3.99. The first-order chi connectivity index (χ1) is 5.70. The molecule has 12 heavy (non-hydrogen) atoms. The zero-order chi connectivity index (χ0) is 9.14. The molecule has 0 aliphatic heterocycles. The molecule has 0 fully saturated rings. The lowest BCUT2D eigenvalue weighted by Gasteiger charge is -2.18. The van der Waals surface area contributed by atoms with E-state index in [-0.39, 0.29) is 17.5 Å². The third-order valence-electron chi connectivity index (χ3n) is 2.29. The Morgan fingerprint density at radius 2 is 2.08 bits per heavy atom. The van der Waals surface area contributed by atoms with Crippen LogP contribution in [0.3, 0.4) is 0 Å². The van der Waals surface area contributed by atoms with Gasteiger partial charge in [-0.3, -0.25) is 4.79 Å². The quantitative estimate of drug-likeness (QED) is 0.683. The normalized spacial score (nSPS) is 23.5. The van der Waals surface area contributed by atoms with Crippen LogP contribution in [0.25, 0.3) is 0 Å². The lowest BCUT2D eigenvalue weighted by atomic mass is 9.86. The number of aliphatic hydroxyl groups is 1. The van der Waals surface area contributed by atoms with Gasteiger partial charge in [0.25, 0.3) is 0 Å². The van der Waals surface area contributed by atoms with Gasteiger partial charge in [-0.15, -0.1) is 0 Å². The molecule has 0 aromatic rings. The van der Waals surface area contributed by atoms with Crippen LogP contribution in [0.5, 0.6) is 0 Å². The van der Waals surface area contributed by atoms with E-state index in [2.05, 4.69) is 0 Å². The van der Waals surface area contributed by atoms with E-state index in [0.29, 0.717) is 0 Å². The molecule has 1 rings (SSSR count). The van der Waals surface area contributed by atoms with E-state index in [0.717, 1.165) is 18.4 Å². The molecule has 0 saturated heterocycles. The fourth-order valence-corrected chi connectivity index (χ4v) is 1.54. The minimum Gasteiger partial charge on any atom is -0.504 e. The first-order valence-corrected chi connectivity index (χ1v) is 4.34. The van der Waals surface area contributed by atoms with Crippen molar-refractivity contribution in [2.24, 2.45) is 5.92 Å². The second kappa shape index (κ2) is 3.57. The lowest BCUT2D eigenvalue weighted by molar-refractivity contribution is -0.120. The number of carbonyl (C=O) groups excluding carboxylic acids is 1. The zero-order valence-electron chi connectivity index (χ0n) is 7.50. The Kier molecular flexibility index (Phi) is 2.69. The summed E-state index contributed by atoms with van der Waals surface area (Å²) in [6, 6.07) is 0. The van der Waals surface area contributed by atoms with Crippen LogP contribution < -0.4 is 0 Å². The van der Waals surface area contributed by atoms with E-state index >= 15 is 0 Å². The van der Waals surface area contributed by atoms with Gasteiger partial charge < -0.3 is 5.11 Å². The minimum absolute atomic E-state index is 0.0833. The molecule has 0 amide bonds. The van der Waals surface area contributed by atoms with Crippen LogP contribution in [0.4, 0.5) is 0 Å². The highest BCUT2D eigenvalue weighted by Gasteiger charge is 2.25. The predicted octanol–water partition coefficient (Wildman–Crippen LogP) is 2.37. The Hall–Kier alpha value is -1.05. The summed E-state index contributed by atoms with van der Waals surface area (Å²) in [6.07, 6.45) is 5.00. The second-order valence-electron chi connectivity index (χ2n) is 2.97. The summed E-state index contributed by atoms with van der Waals surface area (Å²) in [4.78, 5) is 11.4. The molecule has 1 atom stereocenters. The second-order valence-corrected chi connectivity index (χ2v) is 2.97. The van der Waals surface area contributed by atoms with Crippen molar-refractivity contribution in [3.05, 3.63) is 23.5 Å². The van der Waals surface area contributed by atoms with Gasteiger partial charge in [-0.2, -0.15) is 0 Å². The van der Waals surface area contributed by atoms with Crippen molar-refractivity contribution < 1.29 is 9.90 Å². The smallest absolute Gasteiger partial charge is 0.204 e. The van der Waals surface area contributed by atoms with Gasteiger partial charge in [0.15, 0.2) is 5.76 Å². The summed E-state index contributed by atoms with van der Waals surface area (Å²) >= 11 is 0. The molecule has 0 aromatic carbocycles. The van der Waals surface area contributed by atoms with Crippen molar-refractivity contribution in [2.75, 3.05) is 0 Å². The van der Waals surface area contributed by atoms with E-state index in [4.69, 9.17) is 5.11 Å². The summed E-state index contributed by atoms with van der Waals surface area (Å²) in [7, 11) is 0. The van der Waals surface area contributed by atoms with Crippen molar-refractivity contribution in [3.63, 3.8) is 0 Å². The highest BCUT2D eigenvalue weighted by atomic mass is 16.3. The van der Waals surface area contributed by atoms with Crippen LogP contribution in [-0.2, 0) is 4.79 Å². The Bertz CT molecular complexity index is 249. The maximum atomic E-state index is 11.4. The maximum absolute atomic E-state index is 11.4. The van der Waals surface area contributed by atoms with Crippen molar-refractivity contribution in [3.8, 4) is 0 Å². The van der Waals surface area contributed by atoms with Crippen molar-refractivity contribution >= 4 is 5.78 Å². The Morgan fingerprint density at radius 3 is 2.58 bits per heavy atom. The highest BCUT2D eigenvalue weighted by Crippen LogP contribution is 2.25. The molecule has 1 aliphatic carbocycles. The van der Waals surface area contributed by atoms with Crippen LogP contribution in [0.15, 0.2) is 23.5 Å². The molecule has 0 heterocycles. The van der Waals surface area contributed by atoms with Crippen LogP contribution in [-0.4, -0.2) is 10.9 Å². The van der Waals surface area contributed by atoms with E-state index in [9.17, 15) is 4.79 Å². The number of Topliss-reactive ketones (excluding diaryl/α,β-unsaturated/α-hetero) is 1. The largest absolute Gasteiger partial charge is 0.504 e. The molecular weight excluding hydrogens is 152 g/mol. The van der Waals surface area contributed by atoms with Crippen LogP contribution >= 0.6 is 0 Å². The fourth-order valence-electron chi connectivity index (χ4n) is 1.54. The zero-order valence-corrected chi connectivity index (χ0v) is 7.50. The molecule has 1 aliphatic rings. The summed E-state index contributed by atoms with van der Waals surface area (Å²) in [5.41, 5.74) is 1.13. The van der Waals surface area contributed by atoms with E-state index < -0.39 is 0 Å². The Morgan fingerprint density at radius 1 is 1.42 bits per heavy atom. The van der Waals surface area contributed by atoms with Gasteiger partial charge in [-0.05, 0) is 18.9 Å². The number of hydrogen-bond acceptors (Lipinski definition) is 2. The summed E-state index contributed by atoms with van der Waals surface area (Å²) in [5.74, 6) is -0.309. The van der Waals surface area contributed by atoms with E-state index in [1.54, 1.807) is 0 Å². The lowest BCUT2D eigenvalue weighted by Crippen LogP contribution is -2.20. The summed E-state index contributed by atoms with van der Waals surface area (Å²) < 4.78 is 0. The molecule has 0 saturated carbocycles.